The molecule has 0 bridgehead atoms. The molecule has 14 nitrogen and oxygen atoms in total. The van der Waals surface area contributed by atoms with Gasteiger partial charge in [0, 0.05) is 52.1 Å². The second-order valence-electron chi connectivity index (χ2n) is 29.5. The van der Waals surface area contributed by atoms with Gasteiger partial charge in [-0.25, -0.2) is 0 Å². The fourth-order valence-corrected chi connectivity index (χ4v) is 13.0. The fraction of sp³-hybridized carbons (Fsp3) is 0.900. The Labute approximate surface area is 593 Å². The van der Waals surface area contributed by atoms with E-state index >= 15 is 0 Å². The zero-order chi connectivity index (χ0) is 69.7. The molecule has 1 heterocycles. The molecule has 0 spiro atoms. The minimum absolute atomic E-state index is 0.0337. The van der Waals surface area contributed by atoms with Crippen molar-refractivity contribution < 1.29 is 65.6 Å². The molecule has 0 amide bonds. The summed E-state index contributed by atoms with van der Waals surface area (Å²) in [5.41, 5.74) is 0. The van der Waals surface area contributed by atoms with Crippen molar-refractivity contribution in [3.05, 3.63) is 0 Å². The van der Waals surface area contributed by atoms with Crippen LogP contribution in [0.5, 0.6) is 0 Å². The third-order valence-electron chi connectivity index (χ3n) is 17.7. The van der Waals surface area contributed by atoms with Gasteiger partial charge in [0.2, 0.25) is 0 Å². The molecule has 0 radical (unpaired) electrons. The molecule has 0 fully saturated rings. The number of hydrogen-bond acceptors (Lipinski definition) is 12. The number of quaternary nitrogens is 2. The third-order valence-corrected chi connectivity index (χ3v) is 19.7. The average molecular weight is 1390 g/mol. The van der Waals surface area contributed by atoms with Gasteiger partial charge in [-0.05, 0) is 75.0 Å². The van der Waals surface area contributed by atoms with E-state index in [-0.39, 0.29) is 26.4 Å². The number of likely N-dealkylation sites (N-methyl/N-ethyl adjacent to an activating group) is 2. The van der Waals surface area contributed by atoms with Gasteiger partial charge in [-0.1, -0.05) is 281 Å². The summed E-state index contributed by atoms with van der Waals surface area (Å²) in [6, 6.07) is 0. The van der Waals surface area contributed by atoms with Crippen LogP contribution in [0, 0.1) is 47.4 Å². The smallest absolute Gasteiger partial charge is 0.377 e. The van der Waals surface area contributed by atoms with Gasteiger partial charge >= 0.3 is 16.3 Å². The first kappa shape index (κ1) is 92.6. The highest BCUT2D eigenvalue weighted by Gasteiger charge is 2.32. The van der Waals surface area contributed by atoms with Crippen molar-refractivity contribution in [1.29, 1.82) is 0 Å². The number of ether oxygens (including phenoxy) is 4. The molecular formula is C80H150N2O12P2+2. The van der Waals surface area contributed by atoms with Crippen LogP contribution in [0.1, 0.15) is 334 Å². The van der Waals surface area contributed by atoms with E-state index in [0.717, 1.165) is 77.0 Å². The Bertz CT molecular complexity index is 1820. The van der Waals surface area contributed by atoms with Crippen LogP contribution in [0.15, 0.2) is 0 Å². The first-order chi connectivity index (χ1) is 46.6. The highest BCUT2D eigenvalue weighted by molar-refractivity contribution is 7.53. The normalized spacial score (nSPS) is 23.0. The van der Waals surface area contributed by atoms with Gasteiger partial charge in [0.15, 0.2) is 0 Å². The molecule has 96 heavy (non-hydrogen) atoms. The quantitative estimate of drug-likeness (QED) is 0.0964. The molecule has 1 rings (SSSR count). The average Bonchev–Trinajstić information content (AvgIpc) is 1.35. The monoisotopic (exact) mass is 1390 g/mol. The maximum absolute atomic E-state index is 12.7. The summed E-state index contributed by atoms with van der Waals surface area (Å²) in [6.45, 7) is 4.57. The van der Waals surface area contributed by atoms with E-state index < -0.39 is 28.5 Å². The predicted molar refractivity (Wildman–Crippen MR) is 400 cm³/mol. The van der Waals surface area contributed by atoms with Crippen molar-refractivity contribution in [1.82, 2.24) is 0 Å². The van der Waals surface area contributed by atoms with Crippen LogP contribution in [0.2, 0.25) is 0 Å². The molecule has 560 valence electrons. The summed E-state index contributed by atoms with van der Waals surface area (Å²) >= 11 is 0. The van der Waals surface area contributed by atoms with Crippen LogP contribution in [0.25, 0.3) is 0 Å². The Hall–Kier alpha value is -1.46. The molecular weight excluding hydrogens is 1240 g/mol. The molecule has 16 heteroatoms. The Morgan fingerprint density at radius 3 is 0.719 bits per heavy atom. The van der Waals surface area contributed by atoms with E-state index in [2.05, 4.69) is 47.4 Å². The van der Waals surface area contributed by atoms with E-state index in [9.17, 15) is 19.6 Å². The summed E-state index contributed by atoms with van der Waals surface area (Å²) in [5, 5.41) is 0. The largest absolute Gasteiger partial charge is 0.606 e. The predicted octanol–water partition coefficient (Wildman–Crippen LogP) is 18.6. The van der Waals surface area contributed by atoms with Crippen molar-refractivity contribution in [3.63, 3.8) is 0 Å². The summed E-state index contributed by atoms with van der Waals surface area (Å²) in [4.78, 5) is 46.1. The van der Waals surface area contributed by atoms with Crippen LogP contribution < -0.4 is 9.79 Å². The van der Waals surface area contributed by atoms with Crippen molar-refractivity contribution in [2.75, 3.05) is 121 Å². The maximum Gasteiger partial charge on any atom is 0.377 e. The summed E-state index contributed by atoms with van der Waals surface area (Å²) in [5.74, 6) is 25.4. The van der Waals surface area contributed by atoms with Gasteiger partial charge in [0.25, 0.3) is 0 Å². The minimum atomic E-state index is -4.19. The molecule has 4 atom stereocenters. The van der Waals surface area contributed by atoms with Gasteiger partial charge in [-0.15, -0.1) is 0 Å². The zero-order valence-corrected chi connectivity index (χ0v) is 65.0. The molecule has 0 aromatic carbocycles. The third kappa shape index (κ3) is 73.8. The molecule has 0 aromatic heterocycles. The molecule has 0 aromatic rings. The Balaban J connectivity index is 2.48. The van der Waals surface area contributed by atoms with E-state index in [1.54, 1.807) is 0 Å². The number of phosphoric acid groups is 2. The highest BCUT2D eigenvalue weighted by Crippen LogP contribution is 2.48. The molecule has 1 aliphatic rings. The van der Waals surface area contributed by atoms with Gasteiger partial charge in [0.1, 0.15) is 51.7 Å². The number of hydrogen-bond donors (Lipinski definition) is 2. The van der Waals surface area contributed by atoms with Gasteiger partial charge < -0.3 is 37.7 Å². The van der Waals surface area contributed by atoms with Crippen LogP contribution >= 0.6 is 16.3 Å². The van der Waals surface area contributed by atoms with Gasteiger partial charge in [-0.2, -0.15) is 27.9 Å². The number of rotatable bonds is 14. The Morgan fingerprint density at radius 2 is 0.500 bits per heavy atom. The van der Waals surface area contributed by atoms with Crippen LogP contribution in [0.4, 0.5) is 0 Å². The SMILES string of the molecule is C[N+](C)(C)CCO[P+]([O-])(O)OC[C@H]1COCCCCCCCCCCCCCCC#CC#CCCCCCCCCCCCCCCOC[C@H](CO[P+]([O-])(O)OCC[N+](C)(C)C)OCCCCCCCCCCCCCCC#CC#CCCCCCCCCCCCCCCO1. The van der Waals surface area contributed by atoms with Crippen LogP contribution in [-0.2, 0) is 37.0 Å². The van der Waals surface area contributed by atoms with Crippen molar-refractivity contribution in [2.24, 2.45) is 0 Å². The van der Waals surface area contributed by atoms with Crippen molar-refractivity contribution in [2.45, 2.75) is 346 Å². The van der Waals surface area contributed by atoms with Crippen LogP contribution in [0.3, 0.4) is 0 Å². The lowest BCUT2D eigenvalue weighted by molar-refractivity contribution is -0.870. The molecule has 0 aliphatic carbocycles. The topological polar surface area (TPSA) is 160 Å². The number of phosphoric ester groups is 2. The first-order valence-electron chi connectivity index (χ1n) is 39.7. The van der Waals surface area contributed by atoms with E-state index in [4.69, 9.17) is 37.0 Å². The van der Waals surface area contributed by atoms with Gasteiger partial charge in [-0.3, -0.25) is 0 Å². The standard InChI is InChI=1S/C80H148N2O12P2/c1-81(2,3)67-73-91-95(83,84)93-77-79-75-87-69-63-59-55-51-47-43-39-35-31-27-23-19-15-11-7-8-12-16-20-24-28-32-36-40-44-48-52-56-60-64-70-88-76-80(78-94-96(85,86)92-74-68-82(4,5)6)90-72-66-62-58-54-50-46-42-38-34-30-26-22-18-14-10-9-13-17-21-25-29-33-37-41-45-49-53-57-61-65-71-89-79/h79-80H,15-78H2,1-6H3/p+2/t79-,80-/m1/s1. The maximum atomic E-state index is 12.7. The van der Waals surface area contributed by atoms with E-state index in [1.807, 2.05) is 42.3 Å². The minimum Gasteiger partial charge on any atom is -0.606 e. The summed E-state index contributed by atoms with van der Waals surface area (Å²) < 4.78 is 47.0. The Kier molecular flexibility index (Phi) is 65.6. The Morgan fingerprint density at radius 1 is 0.302 bits per heavy atom. The van der Waals surface area contributed by atoms with Crippen molar-refractivity contribution in [3.8, 4) is 47.4 Å². The van der Waals surface area contributed by atoms with Crippen molar-refractivity contribution >= 4 is 16.3 Å². The number of nitrogens with zero attached hydrogens (tertiary/aromatic N) is 2. The molecule has 0 saturated carbocycles. The first-order valence-corrected chi connectivity index (χ1v) is 42.7. The zero-order valence-electron chi connectivity index (χ0n) is 63.2. The second kappa shape index (κ2) is 68.0. The lowest BCUT2D eigenvalue weighted by Gasteiger charge is -2.26. The lowest BCUT2D eigenvalue weighted by Crippen LogP contribution is -2.38. The fourth-order valence-electron chi connectivity index (χ4n) is 11.5. The molecule has 0 saturated heterocycles. The molecule has 2 unspecified atom stereocenters. The molecule has 1 aliphatic heterocycles. The highest BCUT2D eigenvalue weighted by atomic mass is 31.2. The second-order valence-corrected chi connectivity index (χ2v) is 32.4. The summed E-state index contributed by atoms with van der Waals surface area (Å²) in [7, 11) is 3.72. The van der Waals surface area contributed by atoms with E-state index in [0.29, 0.717) is 61.7 Å². The lowest BCUT2D eigenvalue weighted by atomic mass is 10.0. The summed E-state index contributed by atoms with van der Waals surface area (Å²) in [6.07, 6.45) is 62.5. The van der Waals surface area contributed by atoms with E-state index in [1.165, 1.54) is 257 Å². The molecule has 2 N–H and O–H groups in total. The van der Waals surface area contributed by atoms with Gasteiger partial charge in [0.05, 0.1) is 55.5 Å². The van der Waals surface area contributed by atoms with Crippen LogP contribution in [-0.4, -0.2) is 152 Å².